The second-order valence-corrected chi connectivity index (χ2v) is 6.37. The van der Waals surface area contributed by atoms with Crippen LogP contribution in [0.4, 0.5) is 4.39 Å². The molecule has 20 heavy (non-hydrogen) atoms. The van der Waals surface area contributed by atoms with Crippen LogP contribution in [0.25, 0.3) is 0 Å². The van der Waals surface area contributed by atoms with Crippen LogP contribution < -0.4 is 4.74 Å². The lowest BCUT2D eigenvalue weighted by Crippen LogP contribution is -2.08. The zero-order chi connectivity index (χ0) is 14.3. The molecular formula is C16H13BrClFO. The quantitative estimate of drug-likeness (QED) is 0.655. The first-order valence-corrected chi connectivity index (χ1v) is 7.68. The largest absolute Gasteiger partial charge is 0.493 e. The molecule has 2 aromatic rings. The SMILES string of the molecule is Cc1cc(C(Br)C2COc3ccccc32)c(Cl)cc1F. The molecule has 1 heterocycles. The summed E-state index contributed by atoms with van der Waals surface area (Å²) in [5, 5.41) is 0.444. The third-order valence-corrected chi connectivity index (χ3v) is 5.12. The first-order valence-electron chi connectivity index (χ1n) is 6.39. The van der Waals surface area contributed by atoms with E-state index in [1.165, 1.54) is 6.07 Å². The molecule has 0 aromatic heterocycles. The Balaban J connectivity index is 1.98. The van der Waals surface area contributed by atoms with Crippen molar-refractivity contribution >= 4 is 27.5 Å². The molecule has 2 aromatic carbocycles. The summed E-state index contributed by atoms with van der Waals surface area (Å²) in [7, 11) is 0. The highest BCUT2D eigenvalue weighted by Crippen LogP contribution is 2.47. The van der Waals surface area contributed by atoms with E-state index in [9.17, 15) is 4.39 Å². The van der Waals surface area contributed by atoms with Gasteiger partial charge in [0.15, 0.2) is 0 Å². The minimum Gasteiger partial charge on any atom is -0.493 e. The number of ether oxygens (including phenoxy) is 1. The van der Waals surface area contributed by atoms with Crippen LogP contribution in [0.2, 0.25) is 5.02 Å². The van der Waals surface area contributed by atoms with Crippen LogP contribution in [0.1, 0.15) is 27.4 Å². The number of alkyl halides is 1. The van der Waals surface area contributed by atoms with Gasteiger partial charge < -0.3 is 4.74 Å². The molecule has 0 saturated carbocycles. The number of rotatable bonds is 2. The molecule has 0 amide bonds. The number of hydrogen-bond acceptors (Lipinski definition) is 1. The van der Waals surface area contributed by atoms with Gasteiger partial charge in [-0.1, -0.05) is 51.8 Å². The molecule has 0 fully saturated rings. The minimum atomic E-state index is -0.276. The molecule has 3 rings (SSSR count). The highest BCUT2D eigenvalue weighted by molar-refractivity contribution is 9.09. The Morgan fingerprint density at radius 3 is 2.90 bits per heavy atom. The molecule has 0 aliphatic carbocycles. The van der Waals surface area contributed by atoms with Gasteiger partial charge in [0.2, 0.25) is 0 Å². The first-order chi connectivity index (χ1) is 9.58. The Morgan fingerprint density at radius 1 is 1.35 bits per heavy atom. The number of halogens is 3. The summed E-state index contributed by atoms with van der Waals surface area (Å²) < 4.78 is 19.2. The monoisotopic (exact) mass is 354 g/mol. The lowest BCUT2D eigenvalue weighted by molar-refractivity contribution is 0.329. The molecule has 0 bridgehead atoms. The van der Waals surface area contributed by atoms with Gasteiger partial charge in [-0.2, -0.15) is 0 Å². The molecule has 4 heteroatoms. The smallest absolute Gasteiger partial charge is 0.127 e. The van der Waals surface area contributed by atoms with E-state index < -0.39 is 0 Å². The molecule has 0 spiro atoms. The second-order valence-electron chi connectivity index (χ2n) is 4.98. The Hall–Kier alpha value is -1.06. The molecule has 2 atom stereocenters. The van der Waals surface area contributed by atoms with Crippen molar-refractivity contribution in [2.45, 2.75) is 17.7 Å². The van der Waals surface area contributed by atoms with Gasteiger partial charge in [-0.25, -0.2) is 4.39 Å². The number of hydrogen-bond donors (Lipinski definition) is 0. The van der Waals surface area contributed by atoms with Crippen molar-refractivity contribution in [1.29, 1.82) is 0 Å². The lowest BCUT2D eigenvalue weighted by Gasteiger charge is -2.19. The molecule has 0 saturated heterocycles. The lowest BCUT2D eigenvalue weighted by atomic mass is 9.93. The van der Waals surface area contributed by atoms with E-state index in [1.807, 2.05) is 18.2 Å². The van der Waals surface area contributed by atoms with Crippen molar-refractivity contribution in [3.8, 4) is 5.75 Å². The van der Waals surface area contributed by atoms with Gasteiger partial charge in [-0.3, -0.25) is 0 Å². The van der Waals surface area contributed by atoms with E-state index in [-0.39, 0.29) is 16.6 Å². The number of aryl methyl sites for hydroxylation is 1. The highest BCUT2D eigenvalue weighted by atomic mass is 79.9. The summed E-state index contributed by atoms with van der Waals surface area (Å²) in [4.78, 5) is -0.00190. The fourth-order valence-corrected chi connectivity index (χ4v) is 3.75. The van der Waals surface area contributed by atoms with Gasteiger partial charge in [-0.05, 0) is 30.2 Å². The first kappa shape index (κ1) is 13.9. The normalized spacial score (nSPS) is 18.5. The van der Waals surface area contributed by atoms with E-state index in [4.69, 9.17) is 16.3 Å². The summed E-state index contributed by atoms with van der Waals surface area (Å²) >= 11 is 9.90. The molecule has 104 valence electrons. The summed E-state index contributed by atoms with van der Waals surface area (Å²) in [6.45, 7) is 2.34. The molecule has 1 nitrogen and oxygen atoms in total. The zero-order valence-corrected chi connectivity index (χ0v) is 13.2. The minimum absolute atomic E-state index is 0.00190. The number of para-hydroxylation sites is 1. The van der Waals surface area contributed by atoms with Gasteiger partial charge >= 0.3 is 0 Å². The van der Waals surface area contributed by atoms with E-state index in [2.05, 4.69) is 22.0 Å². The standard InChI is InChI=1S/C16H13BrClFO/c1-9-6-11(13(18)7-14(9)19)16(17)12-8-20-15-5-3-2-4-10(12)15/h2-7,12,16H,8H2,1H3. The fraction of sp³-hybridized carbons (Fsp3) is 0.250. The Morgan fingerprint density at radius 2 is 2.10 bits per heavy atom. The van der Waals surface area contributed by atoms with Crippen LogP contribution in [-0.4, -0.2) is 6.61 Å². The Bertz CT molecular complexity index is 659. The van der Waals surface area contributed by atoms with Gasteiger partial charge in [0.25, 0.3) is 0 Å². The van der Waals surface area contributed by atoms with Crippen LogP contribution in [-0.2, 0) is 0 Å². The van der Waals surface area contributed by atoms with E-state index in [0.717, 1.165) is 16.9 Å². The van der Waals surface area contributed by atoms with Crippen molar-refractivity contribution in [3.63, 3.8) is 0 Å². The van der Waals surface area contributed by atoms with Crippen LogP contribution in [0.3, 0.4) is 0 Å². The summed E-state index contributed by atoms with van der Waals surface area (Å²) in [5.74, 6) is 0.812. The number of fused-ring (bicyclic) bond motifs is 1. The molecule has 2 unspecified atom stereocenters. The van der Waals surface area contributed by atoms with Crippen molar-refractivity contribution in [3.05, 3.63) is 63.9 Å². The third-order valence-electron chi connectivity index (χ3n) is 3.67. The Labute approximate surface area is 130 Å². The predicted molar refractivity (Wildman–Crippen MR) is 82.5 cm³/mol. The highest BCUT2D eigenvalue weighted by Gasteiger charge is 2.31. The van der Waals surface area contributed by atoms with Crippen molar-refractivity contribution in [1.82, 2.24) is 0 Å². The topological polar surface area (TPSA) is 9.23 Å². The average Bonchev–Trinajstić information content (AvgIpc) is 2.86. The maximum Gasteiger partial charge on any atom is 0.127 e. The maximum atomic E-state index is 13.5. The summed E-state index contributed by atoms with van der Waals surface area (Å²) in [6, 6.07) is 11.2. The third kappa shape index (κ3) is 2.33. The summed E-state index contributed by atoms with van der Waals surface area (Å²) in [5.41, 5.74) is 2.66. The van der Waals surface area contributed by atoms with Gasteiger partial charge in [0.1, 0.15) is 11.6 Å². The van der Waals surface area contributed by atoms with Gasteiger partial charge in [-0.15, -0.1) is 0 Å². The Kier molecular flexibility index (Phi) is 3.74. The van der Waals surface area contributed by atoms with Crippen LogP contribution in [0, 0.1) is 12.7 Å². The van der Waals surface area contributed by atoms with Gasteiger partial charge in [0, 0.05) is 16.5 Å². The van der Waals surface area contributed by atoms with E-state index in [0.29, 0.717) is 17.2 Å². The number of benzene rings is 2. The van der Waals surface area contributed by atoms with Crippen LogP contribution in [0.15, 0.2) is 36.4 Å². The van der Waals surface area contributed by atoms with Crippen molar-refractivity contribution in [2.75, 3.05) is 6.61 Å². The molecule has 1 aliphatic heterocycles. The fourth-order valence-electron chi connectivity index (χ4n) is 2.54. The van der Waals surface area contributed by atoms with Crippen LogP contribution >= 0.6 is 27.5 Å². The van der Waals surface area contributed by atoms with E-state index in [1.54, 1.807) is 13.0 Å². The van der Waals surface area contributed by atoms with Crippen molar-refractivity contribution in [2.24, 2.45) is 0 Å². The molecule has 1 aliphatic rings. The molecule has 0 radical (unpaired) electrons. The predicted octanol–water partition coefficient (Wildman–Crippen LogP) is 5.40. The molecular weight excluding hydrogens is 343 g/mol. The molecule has 0 N–H and O–H groups in total. The second kappa shape index (κ2) is 5.38. The maximum absolute atomic E-state index is 13.5. The average molecular weight is 356 g/mol. The van der Waals surface area contributed by atoms with E-state index >= 15 is 0 Å². The zero-order valence-electron chi connectivity index (χ0n) is 10.9. The van der Waals surface area contributed by atoms with Gasteiger partial charge in [0.05, 0.1) is 11.4 Å². The summed E-state index contributed by atoms with van der Waals surface area (Å²) in [6.07, 6.45) is 0. The van der Waals surface area contributed by atoms with Crippen molar-refractivity contribution < 1.29 is 9.13 Å². The van der Waals surface area contributed by atoms with Crippen LogP contribution in [0.5, 0.6) is 5.75 Å².